The summed E-state index contributed by atoms with van der Waals surface area (Å²) in [5.74, 6) is 0. The third-order valence-electron chi connectivity index (χ3n) is 3.89. The minimum absolute atomic E-state index is 0.562. The monoisotopic (exact) mass is 286 g/mol. The molecule has 1 aliphatic carbocycles. The largest absolute Gasteiger partial charge is 0.283 e. The van der Waals surface area contributed by atoms with Gasteiger partial charge in [0.1, 0.15) is 5.41 Å². The first kappa shape index (κ1) is 13.9. The van der Waals surface area contributed by atoms with Crippen LogP contribution in [0, 0.1) is 22.8 Å². The van der Waals surface area contributed by atoms with Gasteiger partial charge in [-0.2, -0.15) is 10.5 Å². The maximum atomic E-state index is 9.62. The number of pyridine rings is 1. The van der Waals surface area contributed by atoms with E-state index in [9.17, 15) is 5.26 Å². The molecule has 3 rings (SSSR count). The maximum Gasteiger partial charge on any atom is 0.184 e. The number of nitrogens with zero attached hydrogens (tertiary/aromatic N) is 4. The molecule has 4 nitrogen and oxygen atoms in total. The van der Waals surface area contributed by atoms with Crippen LogP contribution in [-0.4, -0.2) is 16.4 Å². The number of rotatable bonds is 2. The summed E-state index contributed by atoms with van der Waals surface area (Å²) in [6, 6.07) is 6.28. The number of hydrogen-bond acceptors (Lipinski definition) is 4. The van der Waals surface area contributed by atoms with E-state index in [0.717, 1.165) is 16.8 Å². The standard InChI is InChI=1S/C18H14N4/c19-13-18(7-2-1-3-8-18)17-12-16(4-9-21-17)15-5-10-22(14-20)11-6-15/h1-7,9-10,12H,8,11H2. The van der Waals surface area contributed by atoms with Crippen LogP contribution < -0.4 is 0 Å². The normalized spacial score (nSPS) is 22.8. The van der Waals surface area contributed by atoms with Crippen molar-refractivity contribution < 1.29 is 0 Å². The van der Waals surface area contributed by atoms with Gasteiger partial charge < -0.3 is 0 Å². The Morgan fingerprint density at radius 2 is 2.18 bits per heavy atom. The predicted octanol–water partition coefficient (Wildman–Crippen LogP) is 3.05. The third-order valence-corrected chi connectivity index (χ3v) is 3.89. The Morgan fingerprint density at radius 1 is 1.27 bits per heavy atom. The molecule has 1 aromatic heterocycles. The number of hydrogen-bond donors (Lipinski definition) is 0. The molecule has 0 N–H and O–H groups in total. The Hall–Kier alpha value is -3.11. The van der Waals surface area contributed by atoms with Crippen molar-refractivity contribution in [1.29, 1.82) is 10.5 Å². The number of aromatic nitrogens is 1. The summed E-state index contributed by atoms with van der Waals surface area (Å²) in [6.45, 7) is 0.562. The van der Waals surface area contributed by atoms with Crippen LogP contribution in [0.5, 0.6) is 0 Å². The van der Waals surface area contributed by atoms with Crippen LogP contribution in [0.25, 0.3) is 5.57 Å². The van der Waals surface area contributed by atoms with E-state index in [1.807, 2.05) is 48.6 Å². The zero-order valence-corrected chi connectivity index (χ0v) is 12.0. The van der Waals surface area contributed by atoms with E-state index >= 15 is 0 Å². The van der Waals surface area contributed by atoms with Gasteiger partial charge in [-0.25, -0.2) is 0 Å². The maximum absolute atomic E-state index is 9.62. The zero-order chi connectivity index (χ0) is 15.4. The van der Waals surface area contributed by atoms with Crippen molar-refractivity contribution in [2.75, 3.05) is 6.54 Å². The Labute approximate surface area is 129 Å². The number of allylic oxidation sites excluding steroid dienone is 6. The lowest BCUT2D eigenvalue weighted by Gasteiger charge is -2.23. The van der Waals surface area contributed by atoms with E-state index in [-0.39, 0.29) is 0 Å². The molecule has 0 saturated heterocycles. The van der Waals surface area contributed by atoms with Gasteiger partial charge in [-0.05, 0) is 35.8 Å². The molecule has 2 aliphatic rings. The van der Waals surface area contributed by atoms with Crippen molar-refractivity contribution in [3.05, 3.63) is 72.2 Å². The fourth-order valence-corrected chi connectivity index (χ4v) is 2.59. The van der Waals surface area contributed by atoms with Gasteiger partial charge in [-0.15, -0.1) is 0 Å². The van der Waals surface area contributed by atoms with Crippen LogP contribution in [0.4, 0.5) is 0 Å². The molecule has 0 saturated carbocycles. The minimum Gasteiger partial charge on any atom is -0.283 e. The van der Waals surface area contributed by atoms with Crippen molar-refractivity contribution in [2.24, 2.45) is 0 Å². The average molecular weight is 286 g/mol. The molecule has 22 heavy (non-hydrogen) atoms. The fourth-order valence-electron chi connectivity index (χ4n) is 2.59. The van der Waals surface area contributed by atoms with Crippen molar-refractivity contribution in [3.63, 3.8) is 0 Å². The first-order chi connectivity index (χ1) is 10.8. The predicted molar refractivity (Wildman–Crippen MR) is 83.9 cm³/mol. The topological polar surface area (TPSA) is 63.7 Å². The quantitative estimate of drug-likeness (QED) is 0.784. The Morgan fingerprint density at radius 3 is 2.82 bits per heavy atom. The second-order valence-electron chi connectivity index (χ2n) is 5.23. The van der Waals surface area contributed by atoms with Crippen molar-refractivity contribution >= 4 is 5.57 Å². The summed E-state index contributed by atoms with van der Waals surface area (Å²) >= 11 is 0. The summed E-state index contributed by atoms with van der Waals surface area (Å²) in [5, 5.41) is 18.5. The Balaban J connectivity index is 1.95. The first-order valence-corrected chi connectivity index (χ1v) is 7.05. The van der Waals surface area contributed by atoms with Gasteiger partial charge in [0.25, 0.3) is 0 Å². The molecule has 1 unspecified atom stereocenters. The van der Waals surface area contributed by atoms with E-state index in [2.05, 4.69) is 17.2 Å². The smallest absolute Gasteiger partial charge is 0.184 e. The van der Waals surface area contributed by atoms with Gasteiger partial charge in [0.15, 0.2) is 6.19 Å². The van der Waals surface area contributed by atoms with E-state index in [4.69, 9.17) is 5.26 Å². The second-order valence-corrected chi connectivity index (χ2v) is 5.23. The molecular weight excluding hydrogens is 272 g/mol. The molecule has 0 radical (unpaired) electrons. The van der Waals surface area contributed by atoms with E-state index < -0.39 is 5.41 Å². The van der Waals surface area contributed by atoms with Crippen LogP contribution in [0.2, 0.25) is 0 Å². The van der Waals surface area contributed by atoms with Gasteiger partial charge in [-0.1, -0.05) is 30.4 Å². The summed E-state index contributed by atoms with van der Waals surface area (Å²) in [6.07, 6.45) is 17.9. The Kier molecular flexibility index (Phi) is 3.60. The lowest BCUT2D eigenvalue weighted by Crippen LogP contribution is -2.23. The average Bonchev–Trinajstić information content (AvgIpc) is 2.62. The molecule has 0 fully saturated rings. The summed E-state index contributed by atoms with van der Waals surface area (Å²) in [7, 11) is 0. The molecule has 1 atom stereocenters. The van der Waals surface area contributed by atoms with Crippen molar-refractivity contribution in [2.45, 2.75) is 11.8 Å². The van der Waals surface area contributed by atoms with Crippen LogP contribution >= 0.6 is 0 Å². The van der Waals surface area contributed by atoms with Gasteiger partial charge in [0.2, 0.25) is 0 Å². The van der Waals surface area contributed by atoms with Gasteiger partial charge in [-0.3, -0.25) is 9.88 Å². The lowest BCUT2D eigenvalue weighted by molar-refractivity contribution is 0.582. The summed E-state index contributed by atoms with van der Waals surface area (Å²) in [5.41, 5.74) is 2.11. The van der Waals surface area contributed by atoms with E-state index in [1.165, 1.54) is 0 Å². The van der Waals surface area contributed by atoms with Crippen LogP contribution in [-0.2, 0) is 5.41 Å². The van der Waals surface area contributed by atoms with Gasteiger partial charge in [0, 0.05) is 12.4 Å². The summed E-state index contributed by atoms with van der Waals surface area (Å²) in [4.78, 5) is 5.96. The highest BCUT2D eigenvalue weighted by molar-refractivity contribution is 5.75. The van der Waals surface area contributed by atoms with Crippen LogP contribution in [0.15, 0.2) is 61.0 Å². The molecule has 0 spiro atoms. The van der Waals surface area contributed by atoms with E-state index in [1.54, 1.807) is 17.3 Å². The molecule has 1 aromatic rings. The molecule has 4 heteroatoms. The van der Waals surface area contributed by atoms with Crippen LogP contribution in [0.3, 0.4) is 0 Å². The SMILES string of the molecule is N#CN1C=CC(c2ccnc(C3(C#N)C=CC=CC3)c2)=CC1. The Bertz CT molecular complexity index is 786. The van der Waals surface area contributed by atoms with Gasteiger partial charge >= 0.3 is 0 Å². The highest BCUT2D eigenvalue weighted by atomic mass is 15.1. The molecule has 2 heterocycles. The van der Waals surface area contributed by atoms with Crippen molar-refractivity contribution in [1.82, 2.24) is 9.88 Å². The number of nitriles is 2. The second kappa shape index (κ2) is 5.71. The zero-order valence-electron chi connectivity index (χ0n) is 12.0. The molecule has 0 aromatic carbocycles. The molecule has 0 bridgehead atoms. The fraction of sp³-hybridized carbons (Fsp3) is 0.167. The van der Waals surface area contributed by atoms with Gasteiger partial charge in [0.05, 0.1) is 18.3 Å². The van der Waals surface area contributed by atoms with E-state index in [0.29, 0.717) is 13.0 Å². The molecular formula is C18H14N4. The first-order valence-electron chi connectivity index (χ1n) is 7.05. The molecule has 106 valence electrons. The molecule has 1 aliphatic heterocycles. The summed E-state index contributed by atoms with van der Waals surface area (Å²) < 4.78 is 0. The third kappa shape index (κ3) is 2.43. The highest BCUT2D eigenvalue weighted by Gasteiger charge is 2.31. The lowest BCUT2D eigenvalue weighted by atomic mass is 9.79. The molecule has 0 amide bonds. The van der Waals surface area contributed by atoms with Crippen LogP contribution in [0.1, 0.15) is 17.7 Å². The van der Waals surface area contributed by atoms with Crippen molar-refractivity contribution in [3.8, 4) is 12.3 Å². The minimum atomic E-state index is -0.692. The highest BCUT2D eigenvalue weighted by Crippen LogP contribution is 2.32.